The fourth-order valence-corrected chi connectivity index (χ4v) is 3.47. The number of halogens is 2. The van der Waals surface area contributed by atoms with E-state index in [9.17, 15) is 0 Å². The molecule has 1 heterocycles. The van der Waals surface area contributed by atoms with Crippen LogP contribution in [0.2, 0.25) is 0 Å². The van der Waals surface area contributed by atoms with Crippen molar-refractivity contribution in [1.82, 2.24) is 0 Å². The summed E-state index contributed by atoms with van der Waals surface area (Å²) in [5.41, 5.74) is 4.47. The van der Waals surface area contributed by atoms with Gasteiger partial charge in [-0.15, -0.1) is 0 Å². The van der Waals surface area contributed by atoms with Gasteiger partial charge in [0, 0.05) is 20.8 Å². The molecule has 0 aliphatic carbocycles. The Balaban J connectivity index is 1.86. The summed E-state index contributed by atoms with van der Waals surface area (Å²) in [7, 11) is 0. The zero-order valence-electron chi connectivity index (χ0n) is 12.7. The minimum absolute atomic E-state index is 0.0641. The summed E-state index contributed by atoms with van der Waals surface area (Å²) in [6.45, 7) is 0. The number of rotatable bonds is 2. The van der Waals surface area contributed by atoms with E-state index in [4.69, 9.17) is 0 Å². The van der Waals surface area contributed by atoms with Gasteiger partial charge in [-0.1, -0.05) is 56.1 Å². The molecule has 0 bridgehead atoms. The average molecular weight is 442 g/mol. The summed E-state index contributed by atoms with van der Waals surface area (Å²) >= 11 is 7.03. The standard InChI is InChI=1S/C20H14Br2N2/c21-15-7-5-14(6-8-15)20-13-23-18-3-1-2-4-19(18)24(20)17-11-9-16(22)10-12-17/h1-13,20H. The molecule has 1 aliphatic heterocycles. The molecule has 3 aromatic carbocycles. The third kappa shape index (κ3) is 2.92. The van der Waals surface area contributed by atoms with Crippen molar-refractivity contribution in [2.45, 2.75) is 6.04 Å². The van der Waals surface area contributed by atoms with Crippen LogP contribution in [0.3, 0.4) is 0 Å². The Morgan fingerprint density at radius 3 is 2.08 bits per heavy atom. The number of benzene rings is 3. The van der Waals surface area contributed by atoms with E-state index < -0.39 is 0 Å². The van der Waals surface area contributed by atoms with E-state index in [1.54, 1.807) is 0 Å². The Bertz CT molecular complexity index is 886. The normalized spacial score (nSPS) is 16.1. The van der Waals surface area contributed by atoms with Gasteiger partial charge in [-0.3, -0.25) is 4.99 Å². The van der Waals surface area contributed by atoms with E-state index in [-0.39, 0.29) is 6.04 Å². The quantitative estimate of drug-likeness (QED) is 0.426. The highest BCUT2D eigenvalue weighted by Gasteiger charge is 2.26. The molecule has 2 nitrogen and oxygen atoms in total. The van der Waals surface area contributed by atoms with E-state index in [0.29, 0.717) is 0 Å². The number of anilines is 2. The highest BCUT2D eigenvalue weighted by Crippen LogP contribution is 2.43. The molecular weight excluding hydrogens is 428 g/mol. The number of hydrogen-bond acceptors (Lipinski definition) is 2. The van der Waals surface area contributed by atoms with Crippen molar-refractivity contribution in [3.63, 3.8) is 0 Å². The highest BCUT2D eigenvalue weighted by molar-refractivity contribution is 9.10. The van der Waals surface area contributed by atoms with Crippen LogP contribution in [0.1, 0.15) is 11.6 Å². The molecule has 4 heteroatoms. The monoisotopic (exact) mass is 440 g/mol. The van der Waals surface area contributed by atoms with Crippen LogP contribution in [0.25, 0.3) is 0 Å². The summed E-state index contributed by atoms with van der Waals surface area (Å²) < 4.78 is 2.15. The summed E-state index contributed by atoms with van der Waals surface area (Å²) in [6.07, 6.45) is 2.02. The lowest BCUT2D eigenvalue weighted by Gasteiger charge is -2.35. The van der Waals surface area contributed by atoms with E-state index >= 15 is 0 Å². The smallest absolute Gasteiger partial charge is 0.0947 e. The largest absolute Gasteiger partial charge is 0.327 e. The van der Waals surface area contributed by atoms with Gasteiger partial charge < -0.3 is 4.90 Å². The van der Waals surface area contributed by atoms with Gasteiger partial charge in [-0.05, 0) is 54.1 Å². The van der Waals surface area contributed by atoms with Crippen LogP contribution in [0.15, 0.2) is 86.7 Å². The van der Waals surface area contributed by atoms with Crippen LogP contribution in [-0.4, -0.2) is 6.21 Å². The second-order valence-electron chi connectivity index (χ2n) is 5.61. The van der Waals surface area contributed by atoms with Crippen molar-refractivity contribution in [1.29, 1.82) is 0 Å². The number of para-hydroxylation sites is 2. The lowest BCUT2D eigenvalue weighted by atomic mass is 10.0. The summed E-state index contributed by atoms with van der Waals surface area (Å²) in [5.74, 6) is 0. The van der Waals surface area contributed by atoms with Crippen molar-refractivity contribution >= 4 is 55.1 Å². The first-order valence-electron chi connectivity index (χ1n) is 7.66. The van der Waals surface area contributed by atoms with Gasteiger partial charge in [0.25, 0.3) is 0 Å². The Kier molecular flexibility index (Phi) is 4.25. The Morgan fingerprint density at radius 1 is 0.750 bits per heavy atom. The first kappa shape index (κ1) is 15.6. The molecule has 0 aromatic heterocycles. The molecule has 4 rings (SSSR count). The van der Waals surface area contributed by atoms with Crippen LogP contribution < -0.4 is 4.90 Å². The molecule has 0 N–H and O–H groups in total. The van der Waals surface area contributed by atoms with Gasteiger partial charge >= 0.3 is 0 Å². The van der Waals surface area contributed by atoms with Gasteiger partial charge in [0.1, 0.15) is 0 Å². The average Bonchev–Trinajstić information content (AvgIpc) is 2.62. The molecule has 0 fully saturated rings. The second kappa shape index (κ2) is 6.54. The Morgan fingerprint density at radius 2 is 1.38 bits per heavy atom. The first-order chi connectivity index (χ1) is 11.7. The highest BCUT2D eigenvalue weighted by atomic mass is 79.9. The molecule has 0 saturated heterocycles. The maximum Gasteiger partial charge on any atom is 0.0947 e. The number of hydrogen-bond donors (Lipinski definition) is 0. The SMILES string of the molecule is Brc1ccc(C2C=Nc3ccccc3N2c2ccc(Br)cc2)cc1. The third-order valence-electron chi connectivity index (χ3n) is 4.09. The molecule has 1 unspecified atom stereocenters. The topological polar surface area (TPSA) is 15.6 Å². The summed E-state index contributed by atoms with van der Waals surface area (Å²) in [5, 5.41) is 0. The van der Waals surface area contributed by atoms with E-state index in [1.807, 2.05) is 12.3 Å². The van der Waals surface area contributed by atoms with E-state index in [1.165, 1.54) is 5.56 Å². The van der Waals surface area contributed by atoms with Gasteiger partial charge in [0.15, 0.2) is 0 Å². The van der Waals surface area contributed by atoms with Gasteiger partial charge in [0.2, 0.25) is 0 Å². The molecule has 0 radical (unpaired) electrons. The molecule has 3 aromatic rings. The predicted molar refractivity (Wildman–Crippen MR) is 108 cm³/mol. The number of aliphatic imine (C=N–C) groups is 1. The van der Waals surface area contributed by atoms with Gasteiger partial charge in [0.05, 0.1) is 17.4 Å². The fraction of sp³-hybridized carbons (Fsp3) is 0.0500. The molecule has 0 amide bonds. The predicted octanol–water partition coefficient (Wildman–Crippen LogP) is 6.81. The molecular formula is C20H14Br2N2. The molecule has 24 heavy (non-hydrogen) atoms. The summed E-state index contributed by atoms with van der Waals surface area (Å²) in [4.78, 5) is 7.01. The van der Waals surface area contributed by atoms with Crippen molar-refractivity contribution in [2.75, 3.05) is 4.90 Å². The van der Waals surface area contributed by atoms with Gasteiger partial charge in [-0.25, -0.2) is 0 Å². The molecule has 1 atom stereocenters. The van der Waals surface area contributed by atoms with Crippen molar-refractivity contribution in [2.24, 2.45) is 4.99 Å². The van der Waals surface area contributed by atoms with Crippen LogP contribution in [0, 0.1) is 0 Å². The minimum atomic E-state index is 0.0641. The van der Waals surface area contributed by atoms with E-state index in [2.05, 4.69) is 108 Å². The van der Waals surface area contributed by atoms with Gasteiger partial charge in [-0.2, -0.15) is 0 Å². The maximum absolute atomic E-state index is 4.68. The Hall–Kier alpha value is -1.91. The van der Waals surface area contributed by atoms with Crippen LogP contribution in [-0.2, 0) is 0 Å². The van der Waals surface area contributed by atoms with Crippen molar-refractivity contribution in [3.8, 4) is 0 Å². The molecule has 0 spiro atoms. The molecule has 1 aliphatic rings. The number of nitrogens with zero attached hydrogens (tertiary/aromatic N) is 2. The summed E-state index contributed by atoms with van der Waals surface area (Å²) in [6, 6.07) is 25.2. The van der Waals surface area contributed by atoms with Crippen LogP contribution in [0.5, 0.6) is 0 Å². The Labute approximate surface area is 158 Å². The lowest BCUT2D eigenvalue weighted by Crippen LogP contribution is -2.27. The maximum atomic E-state index is 4.68. The fourth-order valence-electron chi connectivity index (χ4n) is 2.94. The zero-order chi connectivity index (χ0) is 16.5. The van der Waals surface area contributed by atoms with Crippen molar-refractivity contribution < 1.29 is 0 Å². The number of fused-ring (bicyclic) bond motifs is 1. The molecule has 118 valence electrons. The van der Waals surface area contributed by atoms with Crippen LogP contribution in [0.4, 0.5) is 17.1 Å². The zero-order valence-corrected chi connectivity index (χ0v) is 15.9. The minimum Gasteiger partial charge on any atom is -0.327 e. The first-order valence-corrected chi connectivity index (χ1v) is 9.24. The van der Waals surface area contributed by atoms with Crippen molar-refractivity contribution in [3.05, 3.63) is 87.3 Å². The molecule has 0 saturated carbocycles. The van der Waals surface area contributed by atoms with E-state index in [0.717, 1.165) is 26.0 Å². The van der Waals surface area contributed by atoms with Crippen LogP contribution >= 0.6 is 31.9 Å². The second-order valence-corrected chi connectivity index (χ2v) is 7.44. The third-order valence-corrected chi connectivity index (χ3v) is 5.15. The lowest BCUT2D eigenvalue weighted by molar-refractivity contribution is 0.895.